The van der Waals surface area contributed by atoms with E-state index >= 15 is 0 Å². The average molecular weight is 286 g/mol. The minimum Gasteiger partial charge on any atom is -0.494 e. The van der Waals surface area contributed by atoms with Crippen LogP contribution < -0.4 is 10.2 Å². The lowest BCUT2D eigenvalue weighted by atomic mass is 10.0. The molecule has 1 atom stereocenters. The molecule has 1 aliphatic heterocycles. The Balaban J connectivity index is 1.65. The Morgan fingerprint density at radius 3 is 2.85 bits per heavy atom. The van der Waals surface area contributed by atoms with Crippen LogP contribution in [0.15, 0.2) is 46.9 Å². The third-order valence-corrected chi connectivity index (χ3v) is 4.29. The molecule has 0 amide bonds. The average Bonchev–Trinajstić information content (AvgIpc) is 3.16. The van der Waals surface area contributed by atoms with E-state index in [9.17, 15) is 0 Å². The number of benzene rings is 1. The molecule has 20 heavy (non-hydrogen) atoms. The molecule has 0 bridgehead atoms. The van der Waals surface area contributed by atoms with E-state index in [0.29, 0.717) is 6.04 Å². The molecule has 0 saturated heterocycles. The molecule has 2 aromatic rings. The van der Waals surface area contributed by atoms with Crippen molar-refractivity contribution in [2.24, 2.45) is 5.10 Å². The molecular weight excluding hydrogens is 268 g/mol. The van der Waals surface area contributed by atoms with E-state index in [0.717, 1.165) is 30.9 Å². The number of hydrazone groups is 1. The van der Waals surface area contributed by atoms with Crippen molar-refractivity contribution in [2.75, 3.05) is 6.61 Å². The zero-order valence-electron chi connectivity index (χ0n) is 11.5. The fourth-order valence-electron chi connectivity index (χ4n) is 2.24. The summed E-state index contributed by atoms with van der Waals surface area (Å²) in [5.74, 6) is 0.928. The summed E-state index contributed by atoms with van der Waals surface area (Å²) in [7, 11) is 0. The third-order valence-electron chi connectivity index (χ3n) is 3.30. The number of nitrogens with zero attached hydrogens (tertiary/aromatic N) is 1. The smallest absolute Gasteiger partial charge is 0.119 e. The third kappa shape index (κ3) is 2.85. The molecule has 3 rings (SSSR count). The number of nitrogens with one attached hydrogen (secondary N) is 1. The van der Waals surface area contributed by atoms with Crippen LogP contribution in [0.5, 0.6) is 5.75 Å². The first-order valence-electron chi connectivity index (χ1n) is 6.95. The second kappa shape index (κ2) is 6.09. The molecule has 0 fully saturated rings. The quantitative estimate of drug-likeness (QED) is 0.902. The molecule has 1 N–H and O–H groups in total. The summed E-state index contributed by atoms with van der Waals surface area (Å²) in [6.07, 6.45) is 1.97. The molecular formula is C16H18N2OS. The van der Waals surface area contributed by atoms with Crippen LogP contribution in [0.3, 0.4) is 0 Å². The van der Waals surface area contributed by atoms with E-state index < -0.39 is 0 Å². The molecule has 0 spiro atoms. The largest absolute Gasteiger partial charge is 0.494 e. The SMILES string of the molecule is CCCOc1ccc(C2=NNC(c3cccs3)C2)cc1. The maximum Gasteiger partial charge on any atom is 0.119 e. The van der Waals surface area contributed by atoms with Gasteiger partial charge in [0.15, 0.2) is 0 Å². The Bertz CT molecular complexity index is 575. The molecule has 0 radical (unpaired) electrons. The summed E-state index contributed by atoms with van der Waals surface area (Å²) in [6, 6.07) is 12.8. The first-order chi connectivity index (χ1) is 9.86. The van der Waals surface area contributed by atoms with E-state index in [-0.39, 0.29) is 0 Å². The lowest BCUT2D eigenvalue weighted by molar-refractivity contribution is 0.317. The number of hydrogen-bond donors (Lipinski definition) is 1. The summed E-state index contributed by atoms with van der Waals surface area (Å²) in [4.78, 5) is 1.34. The van der Waals surface area contributed by atoms with Crippen molar-refractivity contribution < 1.29 is 4.74 Å². The second-order valence-electron chi connectivity index (χ2n) is 4.83. The maximum atomic E-state index is 5.60. The predicted molar refractivity (Wildman–Crippen MR) is 83.6 cm³/mol. The van der Waals surface area contributed by atoms with Crippen molar-refractivity contribution in [3.8, 4) is 5.75 Å². The summed E-state index contributed by atoms with van der Waals surface area (Å²) >= 11 is 1.77. The molecule has 0 aliphatic carbocycles. The van der Waals surface area contributed by atoms with Gasteiger partial charge in [-0.2, -0.15) is 5.10 Å². The topological polar surface area (TPSA) is 33.6 Å². The van der Waals surface area contributed by atoms with Crippen LogP contribution in [0.2, 0.25) is 0 Å². The van der Waals surface area contributed by atoms with Crippen LogP contribution >= 0.6 is 11.3 Å². The van der Waals surface area contributed by atoms with E-state index in [4.69, 9.17) is 4.74 Å². The van der Waals surface area contributed by atoms with E-state index in [2.05, 4.69) is 47.1 Å². The van der Waals surface area contributed by atoms with Crippen LogP contribution in [-0.2, 0) is 0 Å². The highest BCUT2D eigenvalue weighted by Crippen LogP contribution is 2.28. The minimum atomic E-state index is 0.320. The summed E-state index contributed by atoms with van der Waals surface area (Å²) in [5.41, 5.74) is 5.51. The number of thiophene rings is 1. The first kappa shape index (κ1) is 13.2. The van der Waals surface area contributed by atoms with Gasteiger partial charge >= 0.3 is 0 Å². The van der Waals surface area contributed by atoms with Crippen LogP contribution in [0.4, 0.5) is 0 Å². The fourth-order valence-corrected chi connectivity index (χ4v) is 3.01. The normalized spacial score (nSPS) is 17.6. The van der Waals surface area contributed by atoms with Crippen molar-refractivity contribution in [3.63, 3.8) is 0 Å². The van der Waals surface area contributed by atoms with Gasteiger partial charge in [0.2, 0.25) is 0 Å². The van der Waals surface area contributed by atoms with Crippen molar-refractivity contribution in [2.45, 2.75) is 25.8 Å². The van der Waals surface area contributed by atoms with Gasteiger partial charge in [0.1, 0.15) is 5.75 Å². The van der Waals surface area contributed by atoms with Gasteiger partial charge in [-0.15, -0.1) is 11.3 Å². The molecule has 1 aliphatic rings. The summed E-state index contributed by atoms with van der Waals surface area (Å²) < 4.78 is 5.60. The summed E-state index contributed by atoms with van der Waals surface area (Å²) in [5, 5.41) is 6.57. The minimum absolute atomic E-state index is 0.320. The van der Waals surface area contributed by atoms with Gasteiger partial charge in [-0.1, -0.05) is 13.0 Å². The van der Waals surface area contributed by atoms with Crippen molar-refractivity contribution in [3.05, 3.63) is 52.2 Å². The lowest BCUT2D eigenvalue weighted by Crippen LogP contribution is -2.07. The predicted octanol–water partition coefficient (Wildman–Crippen LogP) is 3.98. The van der Waals surface area contributed by atoms with E-state index in [1.54, 1.807) is 11.3 Å². The molecule has 4 heteroatoms. The highest BCUT2D eigenvalue weighted by molar-refractivity contribution is 7.10. The first-order valence-corrected chi connectivity index (χ1v) is 7.83. The van der Waals surface area contributed by atoms with Gasteiger partial charge in [-0.3, -0.25) is 0 Å². The number of ether oxygens (including phenoxy) is 1. The Kier molecular flexibility index (Phi) is 4.02. The van der Waals surface area contributed by atoms with Crippen LogP contribution in [0.1, 0.15) is 36.2 Å². The molecule has 1 unspecified atom stereocenters. The summed E-state index contributed by atoms with van der Waals surface area (Å²) in [6.45, 7) is 2.88. The van der Waals surface area contributed by atoms with Crippen molar-refractivity contribution in [1.82, 2.24) is 5.43 Å². The van der Waals surface area contributed by atoms with Gasteiger partial charge < -0.3 is 10.2 Å². The second-order valence-corrected chi connectivity index (χ2v) is 5.81. The fraction of sp³-hybridized carbons (Fsp3) is 0.312. The van der Waals surface area contributed by atoms with E-state index in [1.807, 2.05) is 12.1 Å². The highest BCUT2D eigenvalue weighted by atomic mass is 32.1. The Morgan fingerprint density at radius 2 is 2.15 bits per heavy atom. The highest BCUT2D eigenvalue weighted by Gasteiger charge is 2.21. The Labute approximate surface area is 123 Å². The van der Waals surface area contributed by atoms with Gasteiger partial charge in [-0.25, -0.2) is 0 Å². The standard InChI is InChI=1S/C16H18N2OS/c1-2-9-19-13-7-5-12(6-8-13)14-11-15(18-17-14)16-4-3-10-20-16/h3-8,10,15,18H,2,9,11H2,1H3. The number of hydrogen-bond acceptors (Lipinski definition) is 4. The Hall–Kier alpha value is -1.81. The molecule has 0 saturated carbocycles. The van der Waals surface area contributed by atoms with Crippen molar-refractivity contribution in [1.29, 1.82) is 0 Å². The number of rotatable bonds is 5. The van der Waals surface area contributed by atoms with E-state index in [1.165, 1.54) is 10.4 Å². The molecule has 3 nitrogen and oxygen atoms in total. The monoisotopic (exact) mass is 286 g/mol. The van der Waals surface area contributed by atoms with Crippen LogP contribution in [0, 0.1) is 0 Å². The van der Waals surface area contributed by atoms with Crippen molar-refractivity contribution >= 4 is 17.0 Å². The zero-order valence-corrected chi connectivity index (χ0v) is 12.3. The van der Waals surface area contributed by atoms with Gasteiger partial charge in [0, 0.05) is 11.3 Å². The Morgan fingerprint density at radius 1 is 1.30 bits per heavy atom. The molecule has 2 heterocycles. The van der Waals surface area contributed by atoms with Gasteiger partial charge in [0.25, 0.3) is 0 Å². The molecule has 1 aromatic carbocycles. The zero-order chi connectivity index (χ0) is 13.8. The van der Waals surface area contributed by atoms with Gasteiger partial charge in [0.05, 0.1) is 18.4 Å². The van der Waals surface area contributed by atoms with Gasteiger partial charge in [-0.05, 0) is 47.7 Å². The van der Waals surface area contributed by atoms with Crippen LogP contribution in [-0.4, -0.2) is 12.3 Å². The lowest BCUT2D eigenvalue weighted by Gasteiger charge is -2.07. The molecule has 1 aromatic heterocycles. The molecule has 104 valence electrons. The van der Waals surface area contributed by atoms with Crippen LogP contribution in [0.25, 0.3) is 0 Å². The maximum absolute atomic E-state index is 5.60.